The predicted molar refractivity (Wildman–Crippen MR) is 79.0 cm³/mol. The first kappa shape index (κ1) is 14.7. The molecule has 0 fully saturated rings. The molecule has 0 saturated heterocycles. The van der Waals surface area contributed by atoms with E-state index in [0.717, 1.165) is 31.7 Å². The maximum Gasteiger partial charge on any atom is 0.128 e. The lowest BCUT2D eigenvalue weighted by Crippen LogP contribution is -2.21. The van der Waals surface area contributed by atoms with Crippen molar-refractivity contribution in [3.8, 4) is 0 Å². The molecule has 0 aliphatic rings. The molecule has 1 unspecified atom stereocenters. The Morgan fingerprint density at radius 3 is 2.83 bits per heavy atom. The highest BCUT2D eigenvalue weighted by molar-refractivity contribution is 5.38. The van der Waals surface area contributed by atoms with E-state index in [1.54, 1.807) is 0 Å². The van der Waals surface area contributed by atoms with Crippen LogP contribution < -0.4 is 10.2 Å². The summed E-state index contributed by atoms with van der Waals surface area (Å²) in [6.07, 6.45) is 6.10. The maximum absolute atomic E-state index is 4.52. The zero-order valence-corrected chi connectivity index (χ0v) is 11.8. The molecular weight excluding hydrogens is 222 g/mol. The molecule has 0 amide bonds. The summed E-state index contributed by atoms with van der Waals surface area (Å²) in [6.45, 7) is 10.0. The number of hydrogen-bond acceptors (Lipinski definition) is 3. The molecule has 1 aromatic rings. The van der Waals surface area contributed by atoms with Gasteiger partial charge in [0, 0.05) is 25.8 Å². The van der Waals surface area contributed by atoms with Crippen molar-refractivity contribution in [3.05, 3.63) is 36.5 Å². The average Bonchev–Trinajstić information content (AvgIpc) is 2.39. The molecule has 0 saturated carbocycles. The number of hydrogen-bond donors (Lipinski definition) is 1. The summed E-state index contributed by atoms with van der Waals surface area (Å²) in [6, 6.07) is 4.61. The van der Waals surface area contributed by atoms with E-state index in [1.807, 2.05) is 12.3 Å². The van der Waals surface area contributed by atoms with E-state index < -0.39 is 0 Å². The molecule has 1 heterocycles. The van der Waals surface area contributed by atoms with Crippen LogP contribution >= 0.6 is 0 Å². The smallest absolute Gasteiger partial charge is 0.128 e. The number of nitrogens with one attached hydrogen (secondary N) is 1. The number of anilines is 1. The van der Waals surface area contributed by atoms with Crippen molar-refractivity contribution < 1.29 is 0 Å². The van der Waals surface area contributed by atoms with Crippen molar-refractivity contribution in [2.24, 2.45) is 0 Å². The van der Waals surface area contributed by atoms with Crippen LogP contribution in [0.4, 0.5) is 5.82 Å². The SMILES string of the molecule is C=CCCCN(C)c1ccc(C(C)NCC)cn1. The Morgan fingerprint density at radius 1 is 1.50 bits per heavy atom. The van der Waals surface area contributed by atoms with Crippen LogP contribution in [0.15, 0.2) is 31.0 Å². The Hall–Kier alpha value is -1.35. The van der Waals surface area contributed by atoms with Gasteiger partial charge in [-0.2, -0.15) is 0 Å². The fourth-order valence-electron chi connectivity index (χ4n) is 1.89. The van der Waals surface area contributed by atoms with Gasteiger partial charge in [0.25, 0.3) is 0 Å². The first-order chi connectivity index (χ1) is 8.69. The second-order valence-electron chi connectivity index (χ2n) is 4.58. The minimum atomic E-state index is 0.364. The highest BCUT2D eigenvalue weighted by Crippen LogP contribution is 2.15. The first-order valence-electron chi connectivity index (χ1n) is 6.70. The van der Waals surface area contributed by atoms with Crippen LogP contribution in [0.3, 0.4) is 0 Å². The summed E-state index contributed by atoms with van der Waals surface area (Å²) in [5.41, 5.74) is 1.24. The van der Waals surface area contributed by atoms with Gasteiger partial charge in [-0.3, -0.25) is 0 Å². The Labute approximate surface area is 111 Å². The second-order valence-corrected chi connectivity index (χ2v) is 4.58. The van der Waals surface area contributed by atoms with Crippen LogP contribution in [0.5, 0.6) is 0 Å². The summed E-state index contributed by atoms with van der Waals surface area (Å²) in [5.74, 6) is 1.03. The van der Waals surface area contributed by atoms with Gasteiger partial charge in [-0.1, -0.05) is 19.1 Å². The molecule has 0 aromatic carbocycles. The molecule has 0 aliphatic carbocycles. The largest absolute Gasteiger partial charge is 0.360 e. The molecule has 100 valence electrons. The Balaban J connectivity index is 2.55. The molecule has 3 heteroatoms. The zero-order valence-electron chi connectivity index (χ0n) is 11.8. The van der Waals surface area contributed by atoms with Gasteiger partial charge in [-0.05, 0) is 37.9 Å². The van der Waals surface area contributed by atoms with E-state index in [2.05, 4.69) is 54.8 Å². The van der Waals surface area contributed by atoms with Crippen LogP contribution in [-0.4, -0.2) is 25.1 Å². The van der Waals surface area contributed by atoms with Crippen molar-refractivity contribution in [2.75, 3.05) is 25.0 Å². The van der Waals surface area contributed by atoms with E-state index >= 15 is 0 Å². The van der Waals surface area contributed by atoms with Crippen molar-refractivity contribution >= 4 is 5.82 Å². The van der Waals surface area contributed by atoms with Crippen molar-refractivity contribution in [2.45, 2.75) is 32.7 Å². The third-order valence-corrected chi connectivity index (χ3v) is 3.07. The zero-order chi connectivity index (χ0) is 13.4. The van der Waals surface area contributed by atoms with Crippen LogP contribution in [0.25, 0.3) is 0 Å². The molecule has 1 rings (SSSR count). The highest BCUT2D eigenvalue weighted by Gasteiger charge is 2.06. The van der Waals surface area contributed by atoms with Crippen LogP contribution in [0.1, 0.15) is 38.3 Å². The number of nitrogens with zero attached hydrogens (tertiary/aromatic N) is 2. The molecular formula is C15H25N3. The van der Waals surface area contributed by atoms with Gasteiger partial charge in [0.2, 0.25) is 0 Å². The Bertz CT molecular complexity index is 345. The second kappa shape index (κ2) is 7.88. The van der Waals surface area contributed by atoms with Crippen molar-refractivity contribution in [1.29, 1.82) is 0 Å². The van der Waals surface area contributed by atoms with Gasteiger partial charge in [-0.25, -0.2) is 4.98 Å². The lowest BCUT2D eigenvalue weighted by atomic mass is 10.1. The van der Waals surface area contributed by atoms with Gasteiger partial charge < -0.3 is 10.2 Å². The minimum Gasteiger partial charge on any atom is -0.360 e. The highest BCUT2D eigenvalue weighted by atomic mass is 15.2. The lowest BCUT2D eigenvalue weighted by Gasteiger charge is -2.19. The first-order valence-corrected chi connectivity index (χ1v) is 6.70. The number of aromatic nitrogens is 1. The third-order valence-electron chi connectivity index (χ3n) is 3.07. The summed E-state index contributed by atoms with van der Waals surface area (Å²) in [7, 11) is 2.08. The molecule has 0 radical (unpaired) electrons. The van der Waals surface area contributed by atoms with Crippen LogP contribution in [0.2, 0.25) is 0 Å². The average molecular weight is 247 g/mol. The van der Waals surface area contributed by atoms with E-state index in [0.29, 0.717) is 6.04 Å². The standard InChI is InChI=1S/C15H25N3/c1-5-7-8-11-18(4)15-10-9-14(12-17-15)13(3)16-6-2/h5,9-10,12-13,16H,1,6-8,11H2,2-4H3. The van der Waals surface area contributed by atoms with Gasteiger partial charge in [0.1, 0.15) is 5.82 Å². The number of unbranched alkanes of at least 4 members (excludes halogenated alkanes) is 1. The summed E-state index contributed by atoms with van der Waals surface area (Å²) < 4.78 is 0. The van der Waals surface area contributed by atoms with Gasteiger partial charge in [0.05, 0.1) is 0 Å². The topological polar surface area (TPSA) is 28.2 Å². The van der Waals surface area contributed by atoms with Gasteiger partial charge in [0.15, 0.2) is 0 Å². The number of rotatable bonds is 8. The molecule has 0 aliphatic heterocycles. The summed E-state index contributed by atoms with van der Waals surface area (Å²) in [4.78, 5) is 6.71. The monoisotopic (exact) mass is 247 g/mol. The molecule has 1 atom stereocenters. The van der Waals surface area contributed by atoms with Crippen LogP contribution in [0, 0.1) is 0 Å². The predicted octanol–water partition coefficient (Wildman–Crippen LogP) is 3.15. The van der Waals surface area contributed by atoms with Gasteiger partial charge >= 0.3 is 0 Å². The molecule has 1 N–H and O–H groups in total. The van der Waals surface area contributed by atoms with E-state index in [4.69, 9.17) is 0 Å². The Morgan fingerprint density at radius 2 is 2.28 bits per heavy atom. The van der Waals surface area contributed by atoms with Crippen LogP contribution in [-0.2, 0) is 0 Å². The quantitative estimate of drug-likeness (QED) is 0.565. The Kier molecular flexibility index (Phi) is 6.44. The van der Waals surface area contributed by atoms with E-state index in [-0.39, 0.29) is 0 Å². The maximum atomic E-state index is 4.52. The number of allylic oxidation sites excluding steroid dienone is 1. The van der Waals surface area contributed by atoms with Crippen molar-refractivity contribution in [1.82, 2.24) is 10.3 Å². The molecule has 1 aromatic heterocycles. The third kappa shape index (κ3) is 4.49. The fourth-order valence-corrected chi connectivity index (χ4v) is 1.89. The molecule has 0 bridgehead atoms. The van der Waals surface area contributed by atoms with Gasteiger partial charge in [-0.15, -0.1) is 6.58 Å². The van der Waals surface area contributed by atoms with Crippen molar-refractivity contribution in [3.63, 3.8) is 0 Å². The lowest BCUT2D eigenvalue weighted by molar-refractivity contribution is 0.596. The van der Waals surface area contributed by atoms with E-state index in [9.17, 15) is 0 Å². The molecule has 3 nitrogen and oxygen atoms in total. The molecule has 18 heavy (non-hydrogen) atoms. The van der Waals surface area contributed by atoms with E-state index in [1.165, 1.54) is 5.56 Å². The number of pyridine rings is 1. The summed E-state index contributed by atoms with van der Waals surface area (Å²) in [5, 5.41) is 3.39. The summed E-state index contributed by atoms with van der Waals surface area (Å²) >= 11 is 0. The normalized spacial score (nSPS) is 12.2. The fraction of sp³-hybridized carbons (Fsp3) is 0.533. The minimum absolute atomic E-state index is 0.364. The molecule has 0 spiro atoms.